The molecule has 1 aliphatic rings. The first-order chi connectivity index (χ1) is 14.9. The lowest BCUT2D eigenvalue weighted by Gasteiger charge is -2.33. The number of thiazole rings is 2. The summed E-state index contributed by atoms with van der Waals surface area (Å²) in [5.41, 5.74) is 2.54. The maximum absolute atomic E-state index is 12.4. The van der Waals surface area contributed by atoms with E-state index < -0.39 is 0 Å². The van der Waals surface area contributed by atoms with E-state index in [4.69, 9.17) is 0 Å². The normalized spacial score (nSPS) is 14.0. The van der Waals surface area contributed by atoms with Gasteiger partial charge in [-0.25, -0.2) is 14.8 Å². The zero-order chi connectivity index (χ0) is 22.0. The highest BCUT2D eigenvalue weighted by Gasteiger charge is 2.23. The van der Waals surface area contributed by atoms with E-state index in [0.717, 1.165) is 15.8 Å². The summed E-state index contributed by atoms with van der Waals surface area (Å²) in [7, 11) is 0. The van der Waals surface area contributed by atoms with E-state index >= 15 is 0 Å². The Kier molecular flexibility index (Phi) is 6.14. The highest BCUT2D eigenvalue weighted by molar-refractivity contribution is 7.22. The maximum Gasteiger partial charge on any atom is 0.323 e. The molecule has 4 rings (SSSR count). The van der Waals surface area contributed by atoms with Gasteiger partial charge in [0.15, 0.2) is 10.3 Å². The minimum atomic E-state index is -0.251. The second-order valence-electron chi connectivity index (χ2n) is 7.23. The Morgan fingerprint density at radius 1 is 1.03 bits per heavy atom. The van der Waals surface area contributed by atoms with Crippen molar-refractivity contribution in [1.29, 1.82) is 0 Å². The summed E-state index contributed by atoms with van der Waals surface area (Å²) >= 11 is 2.71. The van der Waals surface area contributed by atoms with Gasteiger partial charge < -0.3 is 15.1 Å². The smallest absolute Gasteiger partial charge is 0.323 e. The van der Waals surface area contributed by atoms with E-state index in [-0.39, 0.29) is 24.3 Å². The van der Waals surface area contributed by atoms with Crippen LogP contribution in [0.2, 0.25) is 0 Å². The van der Waals surface area contributed by atoms with Gasteiger partial charge in [-0.15, -0.1) is 11.3 Å². The third-order valence-corrected chi connectivity index (χ3v) is 6.73. The molecule has 0 aliphatic carbocycles. The quantitative estimate of drug-likeness (QED) is 0.625. The van der Waals surface area contributed by atoms with Crippen molar-refractivity contribution in [3.63, 3.8) is 0 Å². The number of urea groups is 1. The molecule has 1 aliphatic heterocycles. The number of amides is 4. The van der Waals surface area contributed by atoms with Crippen LogP contribution < -0.4 is 10.6 Å². The van der Waals surface area contributed by atoms with Gasteiger partial charge in [-0.1, -0.05) is 23.5 Å². The zero-order valence-electron chi connectivity index (χ0n) is 17.2. The number of para-hydroxylation sites is 1. The molecule has 0 radical (unpaired) electrons. The zero-order valence-corrected chi connectivity index (χ0v) is 18.8. The highest BCUT2D eigenvalue weighted by Crippen LogP contribution is 2.28. The number of nitrogens with one attached hydrogen (secondary N) is 2. The van der Waals surface area contributed by atoms with Crippen LogP contribution >= 0.6 is 22.7 Å². The van der Waals surface area contributed by atoms with Crippen molar-refractivity contribution < 1.29 is 14.4 Å². The monoisotopic (exact) mass is 458 g/mol. The number of hydrogen-bond acceptors (Lipinski definition) is 7. The molecule has 162 valence electrons. The third-order valence-electron chi connectivity index (χ3n) is 4.99. The summed E-state index contributed by atoms with van der Waals surface area (Å²) in [5, 5.41) is 8.35. The fourth-order valence-corrected chi connectivity index (χ4v) is 4.97. The van der Waals surface area contributed by atoms with Crippen molar-refractivity contribution in [1.82, 2.24) is 19.8 Å². The largest absolute Gasteiger partial charge is 0.339 e. The number of aromatic nitrogens is 2. The van der Waals surface area contributed by atoms with Crippen LogP contribution in [0, 0.1) is 6.92 Å². The van der Waals surface area contributed by atoms with Crippen LogP contribution in [0.3, 0.4) is 0 Å². The van der Waals surface area contributed by atoms with Gasteiger partial charge in [0.25, 0.3) is 0 Å². The number of piperazine rings is 1. The van der Waals surface area contributed by atoms with Gasteiger partial charge in [-0.3, -0.25) is 14.9 Å². The number of carbonyl (C=O) groups is 3. The van der Waals surface area contributed by atoms with E-state index in [2.05, 4.69) is 20.6 Å². The van der Waals surface area contributed by atoms with Crippen molar-refractivity contribution in [2.75, 3.05) is 36.8 Å². The van der Waals surface area contributed by atoms with Gasteiger partial charge in [0.1, 0.15) is 0 Å². The van der Waals surface area contributed by atoms with Crippen molar-refractivity contribution in [3.05, 3.63) is 34.8 Å². The first-order valence-corrected chi connectivity index (χ1v) is 11.5. The summed E-state index contributed by atoms with van der Waals surface area (Å²) in [4.78, 5) is 48.4. The summed E-state index contributed by atoms with van der Waals surface area (Å²) < 4.78 is 1.03. The molecule has 1 aromatic carbocycles. The standard InChI is InChI=1S/C20H22N6O3S2/c1-12-4-3-5-15-17(12)23-19(31-15)22-16(28)10-14-11-30-18(21-14)24-20(29)26-8-6-25(7-9-26)13(2)27/h3-5,11H,6-10H2,1-2H3,(H,21,24,29)(H,22,23,28). The van der Waals surface area contributed by atoms with Gasteiger partial charge in [-0.05, 0) is 18.6 Å². The fourth-order valence-electron chi connectivity index (χ4n) is 3.31. The van der Waals surface area contributed by atoms with E-state index in [1.165, 1.54) is 29.6 Å². The highest BCUT2D eigenvalue weighted by atomic mass is 32.1. The van der Waals surface area contributed by atoms with Gasteiger partial charge in [-0.2, -0.15) is 0 Å². The Hall–Kier alpha value is -3.05. The molecule has 3 heterocycles. The first-order valence-electron chi connectivity index (χ1n) is 9.81. The number of carbonyl (C=O) groups excluding carboxylic acids is 3. The third kappa shape index (κ3) is 5.00. The van der Waals surface area contributed by atoms with E-state index in [1.54, 1.807) is 15.2 Å². The van der Waals surface area contributed by atoms with Crippen LogP contribution in [-0.2, 0) is 16.0 Å². The van der Waals surface area contributed by atoms with Crippen LogP contribution in [0.4, 0.5) is 15.1 Å². The van der Waals surface area contributed by atoms with Crippen molar-refractivity contribution in [3.8, 4) is 0 Å². The van der Waals surface area contributed by atoms with Crippen LogP contribution in [-0.4, -0.2) is 63.8 Å². The van der Waals surface area contributed by atoms with Crippen molar-refractivity contribution >= 4 is 61.0 Å². The molecule has 0 spiro atoms. The minimum absolute atomic E-state index is 0.0175. The molecule has 4 amide bonds. The molecule has 11 heteroatoms. The van der Waals surface area contributed by atoms with Gasteiger partial charge in [0, 0.05) is 38.5 Å². The number of hydrogen-bond donors (Lipinski definition) is 2. The molecule has 2 N–H and O–H groups in total. The molecule has 0 saturated carbocycles. The topological polar surface area (TPSA) is 108 Å². The molecule has 1 saturated heterocycles. The molecule has 31 heavy (non-hydrogen) atoms. The van der Waals surface area contributed by atoms with E-state index in [0.29, 0.717) is 42.1 Å². The average molecular weight is 459 g/mol. The average Bonchev–Trinajstić information content (AvgIpc) is 3.35. The van der Waals surface area contributed by atoms with Crippen LogP contribution in [0.15, 0.2) is 23.6 Å². The molecular formula is C20H22N6O3S2. The first kappa shape index (κ1) is 21.2. The Balaban J connectivity index is 1.30. The number of aryl methyl sites for hydroxylation is 1. The minimum Gasteiger partial charge on any atom is -0.339 e. The summed E-state index contributed by atoms with van der Waals surface area (Å²) in [5.74, 6) is -0.191. The molecule has 3 aromatic rings. The van der Waals surface area contributed by atoms with Gasteiger partial charge in [0.05, 0.1) is 22.3 Å². The number of anilines is 2. The molecule has 0 bridgehead atoms. The summed E-state index contributed by atoms with van der Waals surface area (Å²) in [6.07, 6.45) is 0.0958. The van der Waals surface area contributed by atoms with Gasteiger partial charge >= 0.3 is 6.03 Å². The molecule has 9 nitrogen and oxygen atoms in total. The van der Waals surface area contributed by atoms with E-state index in [1.807, 2.05) is 25.1 Å². The Bertz CT molecular complexity index is 1130. The Morgan fingerprint density at radius 3 is 2.48 bits per heavy atom. The second-order valence-corrected chi connectivity index (χ2v) is 9.12. The van der Waals surface area contributed by atoms with Gasteiger partial charge in [0.2, 0.25) is 11.8 Å². The predicted molar refractivity (Wildman–Crippen MR) is 122 cm³/mol. The molecule has 2 aromatic heterocycles. The molecular weight excluding hydrogens is 436 g/mol. The number of benzene rings is 1. The second kappa shape index (κ2) is 8.98. The number of fused-ring (bicyclic) bond motifs is 1. The Morgan fingerprint density at radius 2 is 1.77 bits per heavy atom. The van der Waals surface area contributed by atoms with Crippen LogP contribution in [0.1, 0.15) is 18.2 Å². The van der Waals surface area contributed by atoms with E-state index in [9.17, 15) is 14.4 Å². The molecule has 0 atom stereocenters. The summed E-state index contributed by atoms with van der Waals surface area (Å²) in [6.45, 7) is 5.53. The summed E-state index contributed by atoms with van der Waals surface area (Å²) in [6, 6.07) is 5.68. The maximum atomic E-state index is 12.4. The lowest BCUT2D eigenvalue weighted by Crippen LogP contribution is -2.51. The van der Waals surface area contributed by atoms with Crippen LogP contribution in [0.5, 0.6) is 0 Å². The molecule has 1 fully saturated rings. The molecule has 0 unspecified atom stereocenters. The number of nitrogens with zero attached hydrogens (tertiary/aromatic N) is 4. The lowest BCUT2D eigenvalue weighted by molar-refractivity contribution is -0.130. The number of rotatable bonds is 4. The fraction of sp³-hybridized carbons (Fsp3) is 0.350. The van der Waals surface area contributed by atoms with Crippen molar-refractivity contribution in [2.24, 2.45) is 0 Å². The lowest BCUT2D eigenvalue weighted by atomic mass is 10.2. The Labute approximate surface area is 187 Å². The SMILES string of the molecule is CC(=O)N1CCN(C(=O)Nc2nc(CC(=O)Nc3nc4c(C)cccc4s3)cs2)CC1. The predicted octanol–water partition coefficient (Wildman–Crippen LogP) is 2.94. The van der Waals surface area contributed by atoms with Crippen LogP contribution in [0.25, 0.3) is 10.2 Å². The van der Waals surface area contributed by atoms with Crippen molar-refractivity contribution in [2.45, 2.75) is 20.3 Å².